The molecule has 0 spiro atoms. The van der Waals surface area contributed by atoms with E-state index in [1.54, 1.807) is 12.1 Å². The molecule has 0 amide bonds. The highest BCUT2D eigenvalue weighted by Crippen LogP contribution is 2.28. The second-order valence-corrected chi connectivity index (χ2v) is 7.47. The van der Waals surface area contributed by atoms with Crippen LogP contribution in [0.1, 0.15) is 5.56 Å². The Labute approximate surface area is 146 Å². The van der Waals surface area contributed by atoms with Gasteiger partial charge >= 0.3 is 10.1 Å². The molecule has 0 aromatic heterocycles. The lowest BCUT2D eigenvalue weighted by molar-refractivity contribution is 0.488. The first-order valence-corrected chi connectivity index (χ1v) is 9.57. The summed E-state index contributed by atoms with van der Waals surface area (Å²) in [7, 11) is -3.77. The van der Waals surface area contributed by atoms with Crippen LogP contribution in [0.4, 0.5) is 0 Å². The molecule has 3 nitrogen and oxygen atoms in total. The maximum Gasteiger partial charge on any atom is 0.313 e. The summed E-state index contributed by atoms with van der Waals surface area (Å²) in [5.41, 5.74) is 0.735. The highest BCUT2D eigenvalue weighted by Gasteiger charge is 2.17. The van der Waals surface area contributed by atoms with Crippen LogP contribution in [0.2, 0.25) is 0 Å². The predicted molar refractivity (Wildman–Crippen MR) is 101 cm³/mol. The van der Waals surface area contributed by atoms with Gasteiger partial charge in [0.1, 0.15) is 11.5 Å². The SMILES string of the molecule is O=S(=O)(Cc1cccc2ccccc12)Oc1cccc2ccccc12. The summed E-state index contributed by atoms with van der Waals surface area (Å²) in [6.07, 6.45) is 0. The average molecular weight is 348 g/mol. The van der Waals surface area contributed by atoms with Crippen LogP contribution >= 0.6 is 0 Å². The zero-order valence-corrected chi connectivity index (χ0v) is 14.2. The smallest absolute Gasteiger partial charge is 0.313 e. The lowest BCUT2D eigenvalue weighted by Gasteiger charge is -2.11. The minimum Gasteiger partial charge on any atom is -0.382 e. The van der Waals surface area contributed by atoms with Crippen LogP contribution in [0, 0.1) is 0 Å². The van der Waals surface area contributed by atoms with Gasteiger partial charge in [-0.2, -0.15) is 8.42 Å². The fourth-order valence-corrected chi connectivity index (χ4v) is 4.15. The van der Waals surface area contributed by atoms with Crippen molar-refractivity contribution in [2.75, 3.05) is 0 Å². The quantitative estimate of drug-likeness (QED) is 0.493. The second kappa shape index (κ2) is 6.22. The summed E-state index contributed by atoms with van der Waals surface area (Å²) in [6.45, 7) is 0. The fraction of sp³-hybridized carbons (Fsp3) is 0.0476. The van der Waals surface area contributed by atoms with Crippen molar-refractivity contribution in [3.8, 4) is 5.75 Å². The first kappa shape index (κ1) is 15.7. The fourth-order valence-electron chi connectivity index (χ4n) is 3.04. The third kappa shape index (κ3) is 3.21. The first-order valence-electron chi connectivity index (χ1n) is 7.99. The Balaban J connectivity index is 1.70. The van der Waals surface area contributed by atoms with Crippen molar-refractivity contribution in [2.24, 2.45) is 0 Å². The molecule has 25 heavy (non-hydrogen) atoms. The van der Waals surface area contributed by atoms with E-state index in [-0.39, 0.29) is 5.75 Å². The van der Waals surface area contributed by atoms with E-state index < -0.39 is 10.1 Å². The van der Waals surface area contributed by atoms with E-state index in [9.17, 15) is 8.42 Å². The number of fused-ring (bicyclic) bond motifs is 2. The van der Waals surface area contributed by atoms with Crippen LogP contribution in [-0.4, -0.2) is 8.42 Å². The molecule has 0 saturated heterocycles. The van der Waals surface area contributed by atoms with Crippen molar-refractivity contribution >= 4 is 31.7 Å². The lowest BCUT2D eigenvalue weighted by Crippen LogP contribution is -2.12. The van der Waals surface area contributed by atoms with E-state index in [4.69, 9.17) is 4.18 Å². The molecule has 0 unspecified atom stereocenters. The molecule has 0 aliphatic rings. The van der Waals surface area contributed by atoms with E-state index in [0.717, 1.165) is 27.1 Å². The maximum absolute atomic E-state index is 12.6. The van der Waals surface area contributed by atoms with Gasteiger partial charge in [0.05, 0.1) is 0 Å². The maximum atomic E-state index is 12.6. The summed E-state index contributed by atoms with van der Waals surface area (Å²) < 4.78 is 30.7. The molecule has 0 aliphatic heterocycles. The molecule has 4 aromatic rings. The molecule has 0 radical (unpaired) electrons. The number of hydrogen-bond donors (Lipinski definition) is 0. The molecule has 0 heterocycles. The van der Waals surface area contributed by atoms with Gasteiger partial charge in [-0.25, -0.2) is 0 Å². The van der Waals surface area contributed by atoms with E-state index in [2.05, 4.69) is 0 Å². The summed E-state index contributed by atoms with van der Waals surface area (Å²) in [6, 6.07) is 26.4. The van der Waals surface area contributed by atoms with Crippen molar-refractivity contribution in [3.63, 3.8) is 0 Å². The highest BCUT2D eigenvalue weighted by molar-refractivity contribution is 7.86. The highest BCUT2D eigenvalue weighted by atomic mass is 32.2. The molecule has 0 aliphatic carbocycles. The standard InChI is InChI=1S/C21H16O3S/c22-25(23,15-18-11-5-9-16-7-1-3-12-19(16)18)24-21-14-6-10-17-8-2-4-13-20(17)21/h1-14H,15H2. The minimum absolute atomic E-state index is 0.169. The molecule has 0 N–H and O–H groups in total. The van der Waals surface area contributed by atoms with Crippen molar-refractivity contribution in [2.45, 2.75) is 5.75 Å². The zero-order valence-electron chi connectivity index (χ0n) is 13.4. The number of rotatable bonds is 4. The molecule has 124 valence electrons. The van der Waals surface area contributed by atoms with E-state index in [1.807, 2.05) is 72.8 Å². The van der Waals surface area contributed by atoms with Crippen LogP contribution < -0.4 is 4.18 Å². The Morgan fingerprint density at radius 1 is 0.640 bits per heavy atom. The molecule has 0 atom stereocenters. The Morgan fingerprint density at radius 2 is 1.20 bits per heavy atom. The molecular formula is C21H16O3S. The van der Waals surface area contributed by atoms with Gasteiger partial charge in [-0.05, 0) is 27.8 Å². The normalized spacial score (nSPS) is 11.7. The summed E-state index contributed by atoms with van der Waals surface area (Å²) in [5.74, 6) is 0.190. The van der Waals surface area contributed by atoms with Crippen molar-refractivity contribution in [3.05, 3.63) is 90.5 Å². The van der Waals surface area contributed by atoms with E-state index >= 15 is 0 Å². The first-order chi connectivity index (χ1) is 12.1. The van der Waals surface area contributed by atoms with Crippen molar-refractivity contribution < 1.29 is 12.6 Å². The lowest BCUT2D eigenvalue weighted by atomic mass is 10.1. The van der Waals surface area contributed by atoms with Crippen molar-refractivity contribution in [1.82, 2.24) is 0 Å². The van der Waals surface area contributed by atoms with Gasteiger partial charge in [0.25, 0.3) is 0 Å². The van der Waals surface area contributed by atoms with Crippen molar-refractivity contribution in [1.29, 1.82) is 0 Å². The zero-order chi connectivity index (χ0) is 17.3. The van der Waals surface area contributed by atoms with Crippen LogP contribution in [0.3, 0.4) is 0 Å². The van der Waals surface area contributed by atoms with Gasteiger partial charge in [0.15, 0.2) is 0 Å². The molecule has 0 saturated carbocycles. The molecule has 4 aromatic carbocycles. The topological polar surface area (TPSA) is 43.4 Å². The third-order valence-corrected chi connectivity index (χ3v) is 5.28. The Morgan fingerprint density at radius 3 is 1.96 bits per heavy atom. The summed E-state index contributed by atoms with van der Waals surface area (Å²) >= 11 is 0. The van der Waals surface area contributed by atoms with Crippen LogP contribution in [0.25, 0.3) is 21.5 Å². The van der Waals surface area contributed by atoms with Gasteiger partial charge in [0.2, 0.25) is 0 Å². The monoisotopic (exact) mass is 348 g/mol. The molecule has 0 bridgehead atoms. The number of hydrogen-bond acceptors (Lipinski definition) is 3. The van der Waals surface area contributed by atoms with Gasteiger partial charge in [-0.15, -0.1) is 0 Å². The van der Waals surface area contributed by atoms with Crippen LogP contribution in [-0.2, 0) is 15.9 Å². The Bertz CT molecular complexity index is 1070. The van der Waals surface area contributed by atoms with E-state index in [1.165, 1.54) is 0 Å². The number of benzene rings is 4. The summed E-state index contributed by atoms with van der Waals surface area (Å²) in [4.78, 5) is 0. The average Bonchev–Trinajstić information content (AvgIpc) is 2.62. The Kier molecular flexibility index (Phi) is 3.90. The van der Waals surface area contributed by atoms with E-state index in [0.29, 0.717) is 5.75 Å². The summed E-state index contributed by atoms with van der Waals surface area (Å²) in [5, 5.41) is 3.67. The predicted octanol–water partition coefficient (Wildman–Crippen LogP) is 4.90. The molecule has 4 rings (SSSR count). The van der Waals surface area contributed by atoms with Gasteiger partial charge in [-0.1, -0.05) is 78.9 Å². The third-order valence-electron chi connectivity index (χ3n) is 4.18. The van der Waals surface area contributed by atoms with Crippen LogP contribution in [0.15, 0.2) is 84.9 Å². The second-order valence-electron chi connectivity index (χ2n) is 5.90. The largest absolute Gasteiger partial charge is 0.382 e. The molecule has 0 fully saturated rings. The van der Waals surface area contributed by atoms with Gasteiger partial charge in [-0.3, -0.25) is 0 Å². The molecule has 4 heteroatoms. The van der Waals surface area contributed by atoms with Crippen LogP contribution in [0.5, 0.6) is 5.75 Å². The van der Waals surface area contributed by atoms with Gasteiger partial charge < -0.3 is 4.18 Å². The van der Waals surface area contributed by atoms with Gasteiger partial charge in [0, 0.05) is 5.39 Å². The minimum atomic E-state index is -3.77. The molecular weight excluding hydrogens is 332 g/mol. The Hall–Kier alpha value is -2.85.